The van der Waals surface area contributed by atoms with Crippen LogP contribution in [-0.2, 0) is 0 Å². The molecule has 0 fully saturated rings. The van der Waals surface area contributed by atoms with E-state index in [1.54, 1.807) is 6.08 Å². The van der Waals surface area contributed by atoms with Gasteiger partial charge in [0.25, 0.3) is 0 Å². The molecule has 0 aromatic rings. The second-order valence-corrected chi connectivity index (χ2v) is 2.68. The summed E-state index contributed by atoms with van der Waals surface area (Å²) in [5.74, 6) is 0. The van der Waals surface area contributed by atoms with E-state index in [4.69, 9.17) is 16.7 Å². The molecule has 46 valence electrons. The molecule has 0 aromatic carbocycles. The molecule has 1 nitrogen and oxygen atoms in total. The van der Waals surface area contributed by atoms with Crippen molar-refractivity contribution in [1.29, 1.82) is 0 Å². The van der Waals surface area contributed by atoms with E-state index in [2.05, 4.69) is 0 Å². The number of aliphatic hydroxyl groups is 1. The third-order valence-corrected chi connectivity index (χ3v) is 1.60. The monoisotopic (exact) mass is 132 g/mol. The van der Waals surface area contributed by atoms with Gasteiger partial charge in [0.1, 0.15) is 0 Å². The first kappa shape index (κ1) is 6.12. The molecule has 1 aliphatic carbocycles. The minimum absolute atomic E-state index is 0.148. The average molecular weight is 133 g/mol. The fraction of sp³-hybridized carbons (Fsp3) is 0.667. The number of hydrogen-bond acceptors (Lipinski definition) is 1. The highest BCUT2D eigenvalue weighted by Crippen LogP contribution is 2.16. The Balaban J connectivity index is 2.42. The van der Waals surface area contributed by atoms with Crippen molar-refractivity contribution in [2.75, 3.05) is 0 Å². The fourth-order valence-electron chi connectivity index (χ4n) is 0.820. The van der Waals surface area contributed by atoms with Crippen LogP contribution in [0.1, 0.15) is 12.8 Å². The molecule has 0 aliphatic heterocycles. The van der Waals surface area contributed by atoms with Crippen molar-refractivity contribution in [3.05, 3.63) is 12.2 Å². The van der Waals surface area contributed by atoms with Crippen molar-refractivity contribution < 1.29 is 5.11 Å². The van der Waals surface area contributed by atoms with Crippen molar-refractivity contribution in [3.63, 3.8) is 0 Å². The van der Waals surface area contributed by atoms with Gasteiger partial charge in [0.15, 0.2) is 0 Å². The summed E-state index contributed by atoms with van der Waals surface area (Å²) in [6, 6.07) is 0. The summed E-state index contributed by atoms with van der Waals surface area (Å²) in [7, 11) is 0. The van der Waals surface area contributed by atoms with Crippen molar-refractivity contribution in [1.82, 2.24) is 0 Å². The molecule has 0 heterocycles. The zero-order valence-corrected chi connectivity index (χ0v) is 5.30. The molecule has 0 spiro atoms. The molecule has 0 saturated heterocycles. The molecule has 1 aliphatic rings. The Morgan fingerprint density at radius 1 is 1.62 bits per heavy atom. The van der Waals surface area contributed by atoms with Crippen LogP contribution < -0.4 is 0 Å². The maximum atomic E-state index is 8.91. The Hall–Kier alpha value is -0.0100. The predicted octanol–water partition coefficient (Wildman–Crippen LogP) is 1.30. The van der Waals surface area contributed by atoms with Gasteiger partial charge in [0.2, 0.25) is 0 Å². The average Bonchev–Trinajstić information content (AvgIpc) is 1.64. The molecule has 0 aromatic heterocycles. The molecule has 2 heteroatoms. The number of hydrogen-bond donors (Lipinski definition) is 1. The van der Waals surface area contributed by atoms with Crippen molar-refractivity contribution >= 4 is 11.6 Å². The summed E-state index contributed by atoms with van der Waals surface area (Å²) in [4.78, 5) is 0. The minimum Gasteiger partial charge on any atom is -0.389 e. The van der Waals surface area contributed by atoms with E-state index in [1.165, 1.54) is 0 Å². The fourth-order valence-corrected chi connectivity index (χ4v) is 1.11. The van der Waals surface area contributed by atoms with Crippen molar-refractivity contribution in [2.45, 2.75) is 24.3 Å². The Bertz CT molecular complexity index is 101. The van der Waals surface area contributed by atoms with Gasteiger partial charge in [-0.25, -0.2) is 0 Å². The zero-order chi connectivity index (χ0) is 5.98. The van der Waals surface area contributed by atoms with Gasteiger partial charge in [0.05, 0.1) is 6.10 Å². The Labute approximate surface area is 54.0 Å². The van der Waals surface area contributed by atoms with E-state index in [-0.39, 0.29) is 11.5 Å². The van der Waals surface area contributed by atoms with Crippen molar-refractivity contribution in [2.24, 2.45) is 0 Å². The zero-order valence-electron chi connectivity index (χ0n) is 4.55. The van der Waals surface area contributed by atoms with Crippen LogP contribution >= 0.6 is 11.6 Å². The van der Waals surface area contributed by atoms with Crippen LogP contribution in [0.3, 0.4) is 0 Å². The van der Waals surface area contributed by atoms with E-state index in [0.29, 0.717) is 6.42 Å². The minimum atomic E-state index is -0.300. The van der Waals surface area contributed by atoms with Gasteiger partial charge < -0.3 is 5.11 Å². The summed E-state index contributed by atoms with van der Waals surface area (Å²) in [5, 5.41) is 9.06. The van der Waals surface area contributed by atoms with Crippen LogP contribution in [0.15, 0.2) is 12.2 Å². The maximum Gasteiger partial charge on any atom is 0.0735 e. The highest BCUT2D eigenvalue weighted by Gasteiger charge is 2.11. The van der Waals surface area contributed by atoms with E-state index in [0.717, 1.165) is 6.42 Å². The smallest absolute Gasteiger partial charge is 0.0735 e. The molecule has 2 unspecified atom stereocenters. The first-order valence-electron chi connectivity index (χ1n) is 2.78. The standard InChI is InChI=1S/C6H9ClO/c7-5-2-1-3-6(8)4-5/h1,3,5-6,8H,2,4H2. The molecular formula is C6H9ClO. The first-order chi connectivity index (χ1) is 3.79. The third kappa shape index (κ3) is 1.49. The lowest BCUT2D eigenvalue weighted by Crippen LogP contribution is -2.14. The third-order valence-electron chi connectivity index (χ3n) is 1.25. The molecule has 0 amide bonds. The highest BCUT2D eigenvalue weighted by molar-refractivity contribution is 6.20. The van der Waals surface area contributed by atoms with Crippen LogP contribution in [0, 0.1) is 0 Å². The van der Waals surface area contributed by atoms with Gasteiger partial charge in [-0.1, -0.05) is 12.2 Å². The van der Waals surface area contributed by atoms with Crippen LogP contribution in [0.5, 0.6) is 0 Å². The summed E-state index contributed by atoms with van der Waals surface area (Å²) in [6.07, 6.45) is 5.02. The second-order valence-electron chi connectivity index (χ2n) is 2.06. The largest absolute Gasteiger partial charge is 0.389 e. The van der Waals surface area contributed by atoms with Crippen LogP contribution in [0.2, 0.25) is 0 Å². The second kappa shape index (κ2) is 2.51. The number of halogens is 1. The lowest BCUT2D eigenvalue weighted by Gasteiger charge is -2.14. The first-order valence-corrected chi connectivity index (χ1v) is 3.21. The molecule has 0 radical (unpaired) electrons. The van der Waals surface area contributed by atoms with Gasteiger partial charge in [-0.15, -0.1) is 11.6 Å². The summed E-state index contributed by atoms with van der Waals surface area (Å²) in [6.45, 7) is 0. The Morgan fingerprint density at radius 2 is 2.38 bits per heavy atom. The van der Waals surface area contributed by atoms with Gasteiger partial charge in [-0.05, 0) is 12.8 Å². The van der Waals surface area contributed by atoms with E-state index >= 15 is 0 Å². The molecule has 1 rings (SSSR count). The van der Waals surface area contributed by atoms with Gasteiger partial charge in [-0.3, -0.25) is 0 Å². The Kier molecular flexibility index (Phi) is 1.92. The van der Waals surface area contributed by atoms with E-state index < -0.39 is 0 Å². The van der Waals surface area contributed by atoms with Crippen LogP contribution in [0.4, 0.5) is 0 Å². The molecular weight excluding hydrogens is 124 g/mol. The number of allylic oxidation sites excluding steroid dienone is 1. The lowest BCUT2D eigenvalue weighted by atomic mass is 10.1. The van der Waals surface area contributed by atoms with Crippen molar-refractivity contribution in [3.8, 4) is 0 Å². The molecule has 8 heavy (non-hydrogen) atoms. The SMILES string of the molecule is OC1C=CCC(Cl)C1. The van der Waals surface area contributed by atoms with E-state index in [9.17, 15) is 0 Å². The normalized spacial score (nSPS) is 37.8. The quantitative estimate of drug-likeness (QED) is 0.389. The Morgan fingerprint density at radius 3 is 2.75 bits per heavy atom. The molecule has 0 saturated carbocycles. The molecule has 0 bridgehead atoms. The number of aliphatic hydroxyl groups excluding tert-OH is 1. The van der Waals surface area contributed by atoms with Gasteiger partial charge >= 0.3 is 0 Å². The summed E-state index contributed by atoms with van der Waals surface area (Å²) >= 11 is 5.70. The molecule has 2 atom stereocenters. The van der Waals surface area contributed by atoms with Gasteiger partial charge in [0, 0.05) is 5.38 Å². The lowest BCUT2D eigenvalue weighted by molar-refractivity contribution is 0.206. The van der Waals surface area contributed by atoms with E-state index in [1.807, 2.05) is 6.08 Å². The number of alkyl halides is 1. The summed E-state index contributed by atoms with van der Waals surface area (Å²) < 4.78 is 0. The van der Waals surface area contributed by atoms with Crippen LogP contribution in [-0.4, -0.2) is 16.6 Å². The predicted molar refractivity (Wildman–Crippen MR) is 34.0 cm³/mol. The molecule has 1 N–H and O–H groups in total. The highest BCUT2D eigenvalue weighted by atomic mass is 35.5. The summed E-state index contributed by atoms with van der Waals surface area (Å²) in [5.41, 5.74) is 0. The number of rotatable bonds is 0. The maximum absolute atomic E-state index is 8.91. The van der Waals surface area contributed by atoms with Crippen LogP contribution in [0.25, 0.3) is 0 Å². The topological polar surface area (TPSA) is 20.2 Å². The van der Waals surface area contributed by atoms with Gasteiger partial charge in [-0.2, -0.15) is 0 Å².